The third-order valence-electron chi connectivity index (χ3n) is 3.97. The van der Waals surface area contributed by atoms with Gasteiger partial charge in [-0.25, -0.2) is 0 Å². The fourth-order valence-electron chi connectivity index (χ4n) is 2.87. The number of hydrogen-bond acceptors (Lipinski definition) is 1. The Morgan fingerprint density at radius 1 is 1.24 bits per heavy atom. The van der Waals surface area contributed by atoms with Crippen molar-refractivity contribution in [2.45, 2.75) is 52.4 Å². The molecule has 0 spiro atoms. The third-order valence-corrected chi connectivity index (χ3v) is 3.97. The molecule has 17 heavy (non-hydrogen) atoms. The molecule has 1 heteroatoms. The maximum atomic E-state index is 3.70. The number of rotatable bonds is 4. The molecule has 1 aliphatic rings. The monoisotopic (exact) mass is 231 g/mol. The molecular weight excluding hydrogens is 206 g/mol. The molecule has 0 heterocycles. The summed E-state index contributed by atoms with van der Waals surface area (Å²) >= 11 is 0. The first-order valence-electron chi connectivity index (χ1n) is 7.02. The van der Waals surface area contributed by atoms with Crippen LogP contribution in [0.3, 0.4) is 0 Å². The summed E-state index contributed by atoms with van der Waals surface area (Å²) in [4.78, 5) is 0. The molecule has 1 aliphatic carbocycles. The first kappa shape index (κ1) is 12.5. The minimum absolute atomic E-state index is 0.598. The number of anilines is 1. The first-order valence-corrected chi connectivity index (χ1v) is 7.02. The van der Waals surface area contributed by atoms with Gasteiger partial charge in [0.15, 0.2) is 0 Å². The molecule has 0 aliphatic heterocycles. The lowest BCUT2D eigenvalue weighted by Gasteiger charge is -2.19. The maximum absolute atomic E-state index is 3.70. The van der Waals surface area contributed by atoms with E-state index in [1.807, 2.05) is 0 Å². The van der Waals surface area contributed by atoms with E-state index < -0.39 is 0 Å². The lowest BCUT2D eigenvalue weighted by molar-refractivity contribution is 0.579. The van der Waals surface area contributed by atoms with Gasteiger partial charge >= 0.3 is 0 Å². The predicted octanol–water partition coefficient (Wildman–Crippen LogP) is 4.72. The number of aryl methyl sites for hydroxylation is 1. The van der Waals surface area contributed by atoms with Crippen LogP contribution in [0.2, 0.25) is 0 Å². The maximum Gasteiger partial charge on any atom is 0.0405 e. The highest BCUT2D eigenvalue weighted by atomic mass is 14.9. The highest BCUT2D eigenvalue weighted by Crippen LogP contribution is 2.29. The van der Waals surface area contributed by atoms with Crippen molar-refractivity contribution < 1.29 is 0 Å². The third kappa shape index (κ3) is 3.02. The summed E-state index contributed by atoms with van der Waals surface area (Å²) in [6.07, 6.45) is 5.68. The Balaban J connectivity index is 2.07. The SMILES string of the molecule is Cc1cccc(C(C)C)c1NCC1CCCC1. The molecule has 0 atom stereocenters. The van der Waals surface area contributed by atoms with E-state index in [1.165, 1.54) is 42.5 Å². The van der Waals surface area contributed by atoms with Gasteiger partial charge < -0.3 is 5.32 Å². The van der Waals surface area contributed by atoms with Crippen molar-refractivity contribution >= 4 is 5.69 Å². The van der Waals surface area contributed by atoms with Crippen LogP contribution in [0.15, 0.2) is 18.2 Å². The van der Waals surface area contributed by atoms with Gasteiger partial charge in [-0.05, 0) is 42.7 Å². The van der Waals surface area contributed by atoms with Crippen molar-refractivity contribution in [3.63, 3.8) is 0 Å². The van der Waals surface area contributed by atoms with Crippen molar-refractivity contribution in [2.24, 2.45) is 5.92 Å². The quantitative estimate of drug-likeness (QED) is 0.790. The Labute approximate surface area is 106 Å². The Morgan fingerprint density at radius 3 is 2.59 bits per heavy atom. The largest absolute Gasteiger partial charge is 0.384 e. The Hall–Kier alpha value is -0.980. The minimum atomic E-state index is 0.598. The van der Waals surface area contributed by atoms with Crippen LogP contribution in [0.5, 0.6) is 0 Å². The molecule has 0 amide bonds. The Bertz CT molecular complexity index is 362. The van der Waals surface area contributed by atoms with E-state index in [0.29, 0.717) is 5.92 Å². The normalized spacial score (nSPS) is 16.7. The van der Waals surface area contributed by atoms with Crippen molar-refractivity contribution in [2.75, 3.05) is 11.9 Å². The molecule has 94 valence electrons. The van der Waals surface area contributed by atoms with Crippen molar-refractivity contribution in [1.82, 2.24) is 0 Å². The molecule has 1 fully saturated rings. The molecule has 1 aromatic rings. The van der Waals surface area contributed by atoms with E-state index in [9.17, 15) is 0 Å². The lowest BCUT2D eigenvalue weighted by atomic mass is 9.97. The van der Waals surface area contributed by atoms with Gasteiger partial charge in [-0.3, -0.25) is 0 Å². The molecule has 0 radical (unpaired) electrons. The summed E-state index contributed by atoms with van der Waals surface area (Å²) in [6, 6.07) is 6.64. The van der Waals surface area contributed by atoms with Gasteiger partial charge in [0.2, 0.25) is 0 Å². The van der Waals surface area contributed by atoms with Gasteiger partial charge in [0, 0.05) is 12.2 Å². The molecule has 0 aromatic heterocycles. The summed E-state index contributed by atoms with van der Waals surface area (Å²) in [6.45, 7) is 7.92. The second-order valence-electron chi connectivity index (χ2n) is 5.73. The fraction of sp³-hybridized carbons (Fsp3) is 0.625. The van der Waals surface area contributed by atoms with Crippen LogP contribution in [0.4, 0.5) is 5.69 Å². The summed E-state index contributed by atoms with van der Waals surface area (Å²) in [5.41, 5.74) is 4.23. The van der Waals surface area contributed by atoms with Crippen LogP contribution in [0.25, 0.3) is 0 Å². The molecule has 0 unspecified atom stereocenters. The van der Waals surface area contributed by atoms with Crippen molar-refractivity contribution in [3.05, 3.63) is 29.3 Å². The van der Waals surface area contributed by atoms with Gasteiger partial charge in [0.25, 0.3) is 0 Å². The lowest BCUT2D eigenvalue weighted by Crippen LogP contribution is -2.13. The van der Waals surface area contributed by atoms with Crippen LogP contribution in [0, 0.1) is 12.8 Å². The number of benzene rings is 1. The second kappa shape index (κ2) is 5.57. The van der Waals surface area contributed by atoms with E-state index in [2.05, 4.69) is 44.3 Å². The zero-order chi connectivity index (χ0) is 12.3. The van der Waals surface area contributed by atoms with Gasteiger partial charge in [-0.2, -0.15) is 0 Å². The predicted molar refractivity (Wildman–Crippen MR) is 75.7 cm³/mol. The fourth-order valence-corrected chi connectivity index (χ4v) is 2.87. The molecule has 1 saturated carbocycles. The van der Waals surface area contributed by atoms with E-state index in [-0.39, 0.29) is 0 Å². The van der Waals surface area contributed by atoms with Crippen LogP contribution in [-0.2, 0) is 0 Å². The molecule has 1 aromatic carbocycles. The second-order valence-corrected chi connectivity index (χ2v) is 5.73. The number of nitrogens with one attached hydrogen (secondary N) is 1. The van der Waals surface area contributed by atoms with Crippen molar-refractivity contribution in [1.29, 1.82) is 0 Å². The molecular formula is C16H25N. The highest BCUT2D eigenvalue weighted by Gasteiger charge is 2.16. The summed E-state index contributed by atoms with van der Waals surface area (Å²) < 4.78 is 0. The van der Waals surface area contributed by atoms with Crippen LogP contribution in [-0.4, -0.2) is 6.54 Å². The van der Waals surface area contributed by atoms with Gasteiger partial charge in [-0.1, -0.05) is 44.9 Å². The molecule has 1 N–H and O–H groups in total. The average molecular weight is 231 g/mol. The van der Waals surface area contributed by atoms with E-state index in [0.717, 1.165) is 12.5 Å². The number of para-hydroxylation sites is 1. The van der Waals surface area contributed by atoms with Crippen molar-refractivity contribution in [3.8, 4) is 0 Å². The standard InChI is InChI=1S/C16H25N/c1-12(2)15-10-6-7-13(3)16(15)17-11-14-8-4-5-9-14/h6-7,10,12,14,17H,4-5,8-9,11H2,1-3H3. The summed E-state index contributed by atoms with van der Waals surface area (Å²) in [7, 11) is 0. The summed E-state index contributed by atoms with van der Waals surface area (Å²) in [5.74, 6) is 1.50. The Kier molecular flexibility index (Phi) is 4.09. The van der Waals surface area contributed by atoms with E-state index >= 15 is 0 Å². The van der Waals surface area contributed by atoms with Gasteiger partial charge in [-0.15, -0.1) is 0 Å². The van der Waals surface area contributed by atoms with Crippen LogP contribution in [0.1, 0.15) is 56.6 Å². The van der Waals surface area contributed by atoms with E-state index in [4.69, 9.17) is 0 Å². The Morgan fingerprint density at radius 2 is 1.94 bits per heavy atom. The van der Waals surface area contributed by atoms with Gasteiger partial charge in [0.05, 0.1) is 0 Å². The highest BCUT2D eigenvalue weighted by molar-refractivity contribution is 5.58. The average Bonchev–Trinajstić information content (AvgIpc) is 2.80. The van der Waals surface area contributed by atoms with E-state index in [1.54, 1.807) is 0 Å². The summed E-state index contributed by atoms with van der Waals surface area (Å²) in [5, 5.41) is 3.70. The molecule has 1 nitrogen and oxygen atoms in total. The zero-order valence-corrected chi connectivity index (χ0v) is 11.4. The van der Waals surface area contributed by atoms with Crippen LogP contribution >= 0.6 is 0 Å². The molecule has 2 rings (SSSR count). The topological polar surface area (TPSA) is 12.0 Å². The molecule has 0 bridgehead atoms. The number of hydrogen-bond donors (Lipinski definition) is 1. The van der Waals surface area contributed by atoms with Crippen LogP contribution < -0.4 is 5.32 Å². The minimum Gasteiger partial charge on any atom is -0.384 e. The zero-order valence-electron chi connectivity index (χ0n) is 11.4. The smallest absolute Gasteiger partial charge is 0.0405 e. The molecule has 0 saturated heterocycles. The van der Waals surface area contributed by atoms with Gasteiger partial charge in [0.1, 0.15) is 0 Å². The first-order chi connectivity index (χ1) is 8.18.